The zero-order valence-corrected chi connectivity index (χ0v) is 19.2. The molecule has 0 fully saturated rings. The van der Waals surface area contributed by atoms with Gasteiger partial charge in [0.2, 0.25) is 0 Å². The largest absolute Gasteiger partial charge is 0.497 e. The highest BCUT2D eigenvalue weighted by Crippen LogP contribution is 2.48. The topological polar surface area (TPSA) is 36.9 Å². The lowest BCUT2D eigenvalue weighted by Crippen LogP contribution is -2.34. The smallest absolute Gasteiger partial charge is 0.181 e. The molecule has 0 aromatic heterocycles. The molecule has 166 valence electrons. The van der Waals surface area contributed by atoms with Gasteiger partial charge in [-0.3, -0.25) is 0 Å². The summed E-state index contributed by atoms with van der Waals surface area (Å²) in [5.41, 5.74) is 3.23. The average molecular weight is 439 g/mol. The lowest BCUT2D eigenvalue weighted by atomic mass is 9.82. The van der Waals surface area contributed by atoms with Crippen LogP contribution in [-0.4, -0.2) is 21.3 Å². The summed E-state index contributed by atoms with van der Waals surface area (Å²) in [6, 6.07) is 24.3. The highest BCUT2D eigenvalue weighted by Gasteiger charge is 2.40. The Bertz CT molecular complexity index is 1350. The van der Waals surface area contributed by atoms with Crippen LogP contribution in [0.3, 0.4) is 0 Å². The minimum Gasteiger partial charge on any atom is -0.497 e. The van der Waals surface area contributed by atoms with E-state index in [0.29, 0.717) is 5.75 Å². The van der Waals surface area contributed by atoms with Crippen LogP contribution in [0.4, 0.5) is 0 Å². The maximum atomic E-state index is 6.92. The second-order valence-corrected chi connectivity index (χ2v) is 8.12. The van der Waals surface area contributed by atoms with E-state index in [1.165, 1.54) is 16.3 Å². The first-order valence-corrected chi connectivity index (χ1v) is 10.9. The van der Waals surface area contributed by atoms with E-state index < -0.39 is 5.60 Å². The van der Waals surface area contributed by atoms with Crippen molar-refractivity contribution in [1.29, 1.82) is 0 Å². The van der Waals surface area contributed by atoms with Gasteiger partial charge in [0.15, 0.2) is 5.60 Å². The van der Waals surface area contributed by atoms with Crippen molar-refractivity contribution in [2.24, 2.45) is 0 Å². The van der Waals surface area contributed by atoms with Crippen molar-refractivity contribution in [2.45, 2.75) is 12.5 Å². The van der Waals surface area contributed by atoms with E-state index in [9.17, 15) is 0 Å². The van der Waals surface area contributed by atoms with E-state index in [-0.39, 0.29) is 0 Å². The van der Waals surface area contributed by atoms with E-state index in [2.05, 4.69) is 49.4 Å². The molecule has 5 rings (SSSR count). The minimum atomic E-state index is -0.883. The molecule has 0 radical (unpaired) electrons. The summed E-state index contributed by atoms with van der Waals surface area (Å²) >= 11 is 0. The molecule has 0 amide bonds. The van der Waals surface area contributed by atoms with Gasteiger partial charge >= 0.3 is 0 Å². The van der Waals surface area contributed by atoms with Gasteiger partial charge < -0.3 is 18.9 Å². The van der Waals surface area contributed by atoms with Crippen LogP contribution in [0.2, 0.25) is 0 Å². The molecule has 4 aromatic carbocycles. The second kappa shape index (κ2) is 8.21. The second-order valence-electron chi connectivity index (χ2n) is 8.12. The molecule has 0 N–H and O–H groups in total. The fourth-order valence-corrected chi connectivity index (χ4v) is 4.61. The first-order chi connectivity index (χ1) is 16.1. The number of fused-ring (bicyclic) bond motifs is 3. The van der Waals surface area contributed by atoms with Gasteiger partial charge in [0.25, 0.3) is 0 Å². The normalized spacial score (nSPS) is 16.7. The molecule has 1 aliphatic heterocycles. The van der Waals surface area contributed by atoms with Gasteiger partial charge in [-0.1, -0.05) is 36.4 Å². The molecule has 1 aliphatic rings. The molecule has 1 atom stereocenters. The van der Waals surface area contributed by atoms with Crippen LogP contribution in [0.25, 0.3) is 16.8 Å². The van der Waals surface area contributed by atoms with E-state index in [1.807, 2.05) is 42.5 Å². The number of hydrogen-bond donors (Lipinski definition) is 0. The first-order valence-electron chi connectivity index (χ1n) is 10.9. The predicted octanol–water partition coefficient (Wildman–Crippen LogP) is 6.52. The Hall–Kier alpha value is -3.92. The number of benzene rings is 4. The molecule has 1 unspecified atom stereocenters. The molecule has 0 spiro atoms. The first kappa shape index (κ1) is 21.0. The molecule has 0 saturated heterocycles. The molecule has 1 heterocycles. The third kappa shape index (κ3) is 3.39. The minimum absolute atomic E-state index is 0.691. The molecule has 0 aliphatic carbocycles. The lowest BCUT2D eigenvalue weighted by molar-refractivity contribution is 0.157. The van der Waals surface area contributed by atoms with Crippen LogP contribution in [0, 0.1) is 6.92 Å². The van der Waals surface area contributed by atoms with Crippen LogP contribution in [-0.2, 0) is 5.60 Å². The van der Waals surface area contributed by atoms with Crippen molar-refractivity contribution in [3.05, 3.63) is 101 Å². The summed E-state index contributed by atoms with van der Waals surface area (Å²) in [7, 11) is 4.98. The average Bonchev–Trinajstić information content (AvgIpc) is 2.88. The molecule has 4 aromatic rings. The Morgan fingerprint density at radius 3 is 2.12 bits per heavy atom. The highest BCUT2D eigenvalue weighted by molar-refractivity contribution is 5.96. The molecular formula is C29H26O4. The van der Waals surface area contributed by atoms with Crippen molar-refractivity contribution < 1.29 is 18.9 Å². The molecule has 0 bridgehead atoms. The summed E-state index contributed by atoms with van der Waals surface area (Å²) < 4.78 is 23.5. The number of rotatable bonds is 5. The molecule has 33 heavy (non-hydrogen) atoms. The van der Waals surface area contributed by atoms with Gasteiger partial charge in [0.05, 0.1) is 21.3 Å². The SMILES string of the molecule is COc1ccc(C2(c3ccc(OC)cc3OC)C=Cc3c(cc(C)c4ccccc34)O2)cc1. The van der Waals surface area contributed by atoms with Crippen molar-refractivity contribution >= 4 is 16.8 Å². The quantitative estimate of drug-likeness (QED) is 0.355. The van der Waals surface area contributed by atoms with Gasteiger partial charge in [-0.25, -0.2) is 0 Å². The van der Waals surface area contributed by atoms with E-state index in [0.717, 1.165) is 33.9 Å². The zero-order chi connectivity index (χ0) is 23.0. The lowest BCUT2D eigenvalue weighted by Gasteiger charge is -2.37. The zero-order valence-electron chi connectivity index (χ0n) is 19.2. The Kier molecular flexibility index (Phi) is 5.21. The van der Waals surface area contributed by atoms with Crippen molar-refractivity contribution in [3.8, 4) is 23.0 Å². The van der Waals surface area contributed by atoms with Gasteiger partial charge in [-0.05, 0) is 65.7 Å². The maximum absolute atomic E-state index is 6.92. The van der Waals surface area contributed by atoms with Gasteiger partial charge in [-0.15, -0.1) is 0 Å². The summed E-state index contributed by atoms with van der Waals surface area (Å²) in [6.07, 6.45) is 4.28. The third-order valence-corrected chi connectivity index (χ3v) is 6.34. The van der Waals surface area contributed by atoms with Crippen LogP contribution >= 0.6 is 0 Å². The summed E-state index contributed by atoms with van der Waals surface area (Å²) in [5, 5.41) is 2.40. The van der Waals surface area contributed by atoms with Crippen LogP contribution in [0.15, 0.2) is 78.9 Å². The highest BCUT2D eigenvalue weighted by atomic mass is 16.5. The summed E-state index contributed by atoms with van der Waals surface area (Å²) in [6.45, 7) is 2.12. The Morgan fingerprint density at radius 2 is 1.42 bits per heavy atom. The van der Waals surface area contributed by atoms with Crippen LogP contribution < -0.4 is 18.9 Å². The van der Waals surface area contributed by atoms with Crippen LogP contribution in [0.5, 0.6) is 23.0 Å². The number of hydrogen-bond acceptors (Lipinski definition) is 4. The Balaban J connectivity index is 1.76. The van der Waals surface area contributed by atoms with Gasteiger partial charge in [-0.2, -0.15) is 0 Å². The Morgan fingerprint density at radius 1 is 0.727 bits per heavy atom. The molecule has 4 nitrogen and oxygen atoms in total. The Labute approximate surface area is 194 Å². The fraction of sp³-hybridized carbons (Fsp3) is 0.172. The molecule has 4 heteroatoms. The van der Waals surface area contributed by atoms with Crippen molar-refractivity contribution in [3.63, 3.8) is 0 Å². The molecular weight excluding hydrogens is 412 g/mol. The standard InChI is InChI=1S/C29H26O4/c1-19-17-27-25(24-8-6-5-7-23(19)24)15-16-29(33-27,20-9-11-21(30-2)12-10-20)26-14-13-22(31-3)18-28(26)32-4/h5-18H,1-4H3. The number of methoxy groups -OCH3 is 3. The summed E-state index contributed by atoms with van der Waals surface area (Å²) in [5.74, 6) is 3.04. The predicted molar refractivity (Wildman–Crippen MR) is 132 cm³/mol. The van der Waals surface area contributed by atoms with E-state index in [4.69, 9.17) is 18.9 Å². The van der Waals surface area contributed by atoms with Crippen molar-refractivity contribution in [1.82, 2.24) is 0 Å². The van der Waals surface area contributed by atoms with Crippen molar-refractivity contribution in [2.75, 3.05) is 21.3 Å². The molecule has 0 saturated carbocycles. The number of ether oxygens (including phenoxy) is 4. The summed E-state index contributed by atoms with van der Waals surface area (Å²) in [4.78, 5) is 0. The number of aryl methyl sites for hydroxylation is 1. The third-order valence-electron chi connectivity index (χ3n) is 6.34. The monoisotopic (exact) mass is 438 g/mol. The maximum Gasteiger partial charge on any atom is 0.181 e. The fourth-order valence-electron chi connectivity index (χ4n) is 4.61. The van der Waals surface area contributed by atoms with Gasteiger partial charge in [0, 0.05) is 22.8 Å². The van der Waals surface area contributed by atoms with Crippen LogP contribution in [0.1, 0.15) is 22.3 Å². The van der Waals surface area contributed by atoms with E-state index >= 15 is 0 Å². The van der Waals surface area contributed by atoms with E-state index in [1.54, 1.807) is 21.3 Å². The van der Waals surface area contributed by atoms with Gasteiger partial charge in [0.1, 0.15) is 23.0 Å².